The Morgan fingerprint density at radius 3 is 2.37 bits per heavy atom. The fraction of sp³-hybridized carbons (Fsp3) is 0.235. The van der Waals surface area contributed by atoms with Crippen LogP contribution < -0.4 is 5.32 Å². The van der Waals surface area contributed by atoms with Crippen LogP contribution in [0.2, 0.25) is 15.1 Å². The van der Waals surface area contributed by atoms with Crippen LogP contribution in [0.4, 0.5) is 23.4 Å². The van der Waals surface area contributed by atoms with Crippen LogP contribution in [0.15, 0.2) is 30.5 Å². The second-order valence-electron chi connectivity index (χ2n) is 6.01. The van der Waals surface area contributed by atoms with Gasteiger partial charge < -0.3 is 5.32 Å². The van der Waals surface area contributed by atoms with Gasteiger partial charge in [0.2, 0.25) is 5.91 Å². The smallest absolute Gasteiger partial charge is 0.283 e. The predicted octanol–water partition coefficient (Wildman–Crippen LogP) is 5.60. The molecule has 30 heavy (non-hydrogen) atoms. The second kappa shape index (κ2) is 9.23. The fourth-order valence-corrected chi connectivity index (χ4v) is 3.31. The molecule has 2 aromatic heterocycles. The second-order valence-corrected chi connectivity index (χ2v) is 7.20. The number of nitrogens with zero attached hydrogens (tertiary/aromatic N) is 4. The SMILES string of the molecule is O=C(Cn1nc(C(F)F)c(Cl)c1C(F)F)Nc1nn(Cc2ccccc2Cl)cc1Cl. The number of amides is 1. The van der Waals surface area contributed by atoms with Crippen molar-refractivity contribution in [1.82, 2.24) is 19.6 Å². The number of rotatable bonds is 7. The topological polar surface area (TPSA) is 64.7 Å². The number of carbonyl (C=O) groups excluding carboxylic acids is 1. The summed E-state index contributed by atoms with van der Waals surface area (Å²) in [5.41, 5.74) is -1.25. The zero-order valence-electron chi connectivity index (χ0n) is 14.8. The van der Waals surface area contributed by atoms with Crippen molar-refractivity contribution in [3.63, 3.8) is 0 Å². The van der Waals surface area contributed by atoms with E-state index in [1.54, 1.807) is 24.3 Å². The highest BCUT2D eigenvalue weighted by Gasteiger charge is 2.29. The third kappa shape index (κ3) is 4.88. The summed E-state index contributed by atoms with van der Waals surface area (Å²) in [6.45, 7) is -0.531. The van der Waals surface area contributed by atoms with E-state index in [1.165, 1.54) is 10.9 Å². The van der Waals surface area contributed by atoms with E-state index in [4.69, 9.17) is 34.8 Å². The summed E-state index contributed by atoms with van der Waals surface area (Å²) in [7, 11) is 0. The molecule has 0 aliphatic rings. The molecule has 0 aliphatic heterocycles. The Balaban J connectivity index is 1.75. The molecule has 6 nitrogen and oxygen atoms in total. The van der Waals surface area contributed by atoms with Crippen LogP contribution in [-0.2, 0) is 17.9 Å². The van der Waals surface area contributed by atoms with Gasteiger partial charge >= 0.3 is 0 Å². The highest BCUT2D eigenvalue weighted by Crippen LogP contribution is 2.34. The van der Waals surface area contributed by atoms with Gasteiger partial charge in [0.1, 0.15) is 23.0 Å². The molecule has 0 fully saturated rings. The van der Waals surface area contributed by atoms with Gasteiger partial charge in [-0.05, 0) is 11.6 Å². The Bertz CT molecular complexity index is 1070. The molecule has 0 saturated carbocycles. The first-order valence-corrected chi connectivity index (χ1v) is 9.39. The molecular formula is C17H12Cl3F4N5O. The van der Waals surface area contributed by atoms with E-state index < -0.39 is 41.7 Å². The average molecular weight is 485 g/mol. The largest absolute Gasteiger partial charge is 0.306 e. The molecule has 160 valence electrons. The summed E-state index contributed by atoms with van der Waals surface area (Å²) in [6.07, 6.45) is -4.94. The summed E-state index contributed by atoms with van der Waals surface area (Å²) in [6, 6.07) is 7.04. The Labute approximate surface area is 182 Å². The molecular weight excluding hydrogens is 473 g/mol. The van der Waals surface area contributed by atoms with Crippen molar-refractivity contribution in [3.8, 4) is 0 Å². The Kier molecular flexibility index (Phi) is 6.89. The van der Waals surface area contributed by atoms with E-state index >= 15 is 0 Å². The highest BCUT2D eigenvalue weighted by atomic mass is 35.5. The van der Waals surface area contributed by atoms with E-state index in [1.807, 2.05) is 0 Å². The lowest BCUT2D eigenvalue weighted by Gasteiger charge is -2.07. The Hall–Kier alpha value is -2.30. The molecule has 0 aliphatic carbocycles. The summed E-state index contributed by atoms with van der Waals surface area (Å²) in [4.78, 5) is 12.2. The van der Waals surface area contributed by atoms with Gasteiger partial charge in [-0.2, -0.15) is 10.2 Å². The molecule has 0 unspecified atom stereocenters. The zero-order chi connectivity index (χ0) is 22.0. The number of benzene rings is 1. The van der Waals surface area contributed by atoms with Crippen molar-refractivity contribution >= 4 is 46.5 Å². The van der Waals surface area contributed by atoms with Crippen LogP contribution in [0.25, 0.3) is 0 Å². The van der Waals surface area contributed by atoms with Crippen molar-refractivity contribution in [2.45, 2.75) is 25.9 Å². The molecule has 3 rings (SSSR count). The predicted molar refractivity (Wildman–Crippen MR) is 104 cm³/mol. The third-order valence-corrected chi connectivity index (χ3v) is 4.96. The summed E-state index contributed by atoms with van der Waals surface area (Å²) >= 11 is 17.7. The summed E-state index contributed by atoms with van der Waals surface area (Å²) in [5.74, 6) is -0.901. The Morgan fingerprint density at radius 1 is 1.03 bits per heavy atom. The van der Waals surface area contributed by atoms with Crippen LogP contribution >= 0.6 is 34.8 Å². The van der Waals surface area contributed by atoms with E-state index in [9.17, 15) is 22.4 Å². The maximum absolute atomic E-state index is 13.2. The standard InChI is InChI=1S/C17H12Cl3F4N5O/c18-9-4-2-1-3-8(9)5-28-6-10(19)17(27-28)25-11(30)7-29-14(16(23)24)12(20)13(26-29)15(21)22/h1-4,6,15-16H,5,7H2,(H,25,27,30). The van der Waals surface area contributed by atoms with Gasteiger partial charge in [0, 0.05) is 11.2 Å². The molecule has 1 N–H and O–H groups in total. The van der Waals surface area contributed by atoms with Gasteiger partial charge in [-0.15, -0.1) is 0 Å². The van der Waals surface area contributed by atoms with Crippen molar-refractivity contribution in [3.05, 3.63) is 62.5 Å². The number of halogens is 7. The average Bonchev–Trinajstić information content (AvgIpc) is 3.16. The molecule has 0 atom stereocenters. The van der Waals surface area contributed by atoms with E-state index in [2.05, 4.69) is 15.5 Å². The number of hydrogen-bond donors (Lipinski definition) is 1. The van der Waals surface area contributed by atoms with Gasteiger partial charge in [-0.3, -0.25) is 14.2 Å². The molecule has 3 aromatic rings. The lowest BCUT2D eigenvalue weighted by atomic mass is 10.2. The number of hydrogen-bond acceptors (Lipinski definition) is 3. The quantitative estimate of drug-likeness (QED) is 0.444. The third-order valence-electron chi connectivity index (χ3n) is 3.93. The van der Waals surface area contributed by atoms with Gasteiger partial charge in [0.25, 0.3) is 12.9 Å². The minimum Gasteiger partial charge on any atom is -0.306 e. The number of alkyl halides is 4. The van der Waals surface area contributed by atoms with Crippen molar-refractivity contribution < 1.29 is 22.4 Å². The number of carbonyl (C=O) groups is 1. The first kappa shape index (κ1) is 22.4. The van der Waals surface area contributed by atoms with Crippen molar-refractivity contribution in [1.29, 1.82) is 0 Å². The molecule has 0 saturated heterocycles. The van der Waals surface area contributed by atoms with Crippen molar-refractivity contribution in [2.75, 3.05) is 5.32 Å². The van der Waals surface area contributed by atoms with Gasteiger partial charge in [0.05, 0.1) is 11.6 Å². The van der Waals surface area contributed by atoms with Crippen LogP contribution in [0.5, 0.6) is 0 Å². The fourth-order valence-electron chi connectivity index (χ4n) is 2.61. The Morgan fingerprint density at radius 2 is 1.73 bits per heavy atom. The maximum atomic E-state index is 13.2. The van der Waals surface area contributed by atoms with Gasteiger partial charge in [-0.25, -0.2) is 17.6 Å². The van der Waals surface area contributed by atoms with Crippen LogP contribution in [0, 0.1) is 0 Å². The van der Waals surface area contributed by atoms with Crippen LogP contribution in [0.1, 0.15) is 29.8 Å². The first-order valence-electron chi connectivity index (χ1n) is 8.26. The number of anilines is 1. The van der Waals surface area contributed by atoms with Crippen LogP contribution in [-0.4, -0.2) is 25.5 Å². The van der Waals surface area contributed by atoms with Gasteiger partial charge in [0.15, 0.2) is 5.82 Å². The molecule has 0 bridgehead atoms. The molecule has 0 spiro atoms. The molecule has 13 heteroatoms. The maximum Gasteiger partial charge on any atom is 0.283 e. The van der Waals surface area contributed by atoms with Gasteiger partial charge in [-0.1, -0.05) is 53.0 Å². The van der Waals surface area contributed by atoms with Crippen LogP contribution in [0.3, 0.4) is 0 Å². The number of nitrogens with one attached hydrogen (secondary N) is 1. The summed E-state index contributed by atoms with van der Waals surface area (Å²) in [5, 5.41) is 9.48. The van der Waals surface area contributed by atoms with E-state index in [0.29, 0.717) is 9.70 Å². The lowest BCUT2D eigenvalue weighted by Crippen LogP contribution is -2.21. The lowest BCUT2D eigenvalue weighted by molar-refractivity contribution is -0.117. The normalized spacial score (nSPS) is 11.5. The summed E-state index contributed by atoms with van der Waals surface area (Å²) < 4.78 is 54.0. The minimum atomic E-state index is -3.20. The molecule has 1 aromatic carbocycles. The molecule has 2 heterocycles. The van der Waals surface area contributed by atoms with Crippen molar-refractivity contribution in [2.24, 2.45) is 0 Å². The first-order chi connectivity index (χ1) is 14.2. The zero-order valence-corrected chi connectivity index (χ0v) is 17.1. The van der Waals surface area contributed by atoms with E-state index in [-0.39, 0.29) is 17.4 Å². The molecule has 1 amide bonds. The minimum absolute atomic E-state index is 0.0420. The monoisotopic (exact) mass is 483 g/mol. The molecule has 0 radical (unpaired) electrons. The number of aromatic nitrogens is 4. The van der Waals surface area contributed by atoms with E-state index in [0.717, 1.165) is 5.56 Å². The highest BCUT2D eigenvalue weighted by molar-refractivity contribution is 6.33.